The summed E-state index contributed by atoms with van der Waals surface area (Å²) in [7, 11) is 0. The van der Waals surface area contributed by atoms with Crippen LogP contribution in [0.2, 0.25) is 0 Å². The molecule has 3 aliphatic heterocycles. The van der Waals surface area contributed by atoms with Crippen molar-refractivity contribution in [3.05, 3.63) is 11.6 Å². The van der Waals surface area contributed by atoms with Crippen LogP contribution in [0, 0.1) is 12.8 Å². The molecule has 2 amide bonds. The van der Waals surface area contributed by atoms with Crippen LogP contribution in [0.4, 0.5) is 4.79 Å². The van der Waals surface area contributed by atoms with Crippen LogP contribution < -0.4 is 5.32 Å². The van der Waals surface area contributed by atoms with E-state index < -0.39 is 0 Å². The van der Waals surface area contributed by atoms with Gasteiger partial charge in [-0.3, -0.25) is 10.00 Å². The van der Waals surface area contributed by atoms with Crippen molar-refractivity contribution in [2.75, 3.05) is 45.8 Å². The van der Waals surface area contributed by atoms with Gasteiger partial charge in [-0.15, -0.1) is 0 Å². The number of H-pyrrole nitrogens is 1. The number of hydrogen-bond donors (Lipinski definition) is 2. The summed E-state index contributed by atoms with van der Waals surface area (Å²) in [6, 6.07) is 0.831. The highest BCUT2D eigenvalue weighted by Crippen LogP contribution is 2.45. The van der Waals surface area contributed by atoms with Gasteiger partial charge in [-0.1, -0.05) is 6.92 Å². The first-order valence-electron chi connectivity index (χ1n) is 10.8. The number of urea groups is 1. The molecule has 3 fully saturated rings. The van der Waals surface area contributed by atoms with Gasteiger partial charge in [-0.2, -0.15) is 5.10 Å². The van der Waals surface area contributed by atoms with E-state index in [1.807, 2.05) is 25.7 Å². The van der Waals surface area contributed by atoms with Crippen molar-refractivity contribution < 1.29 is 4.79 Å². The van der Waals surface area contributed by atoms with E-state index in [0.29, 0.717) is 18.5 Å². The zero-order valence-corrected chi connectivity index (χ0v) is 17.7. The van der Waals surface area contributed by atoms with Crippen molar-refractivity contribution in [1.29, 1.82) is 0 Å². The second kappa shape index (κ2) is 7.63. The number of fused-ring (bicyclic) bond motifs is 1. The normalized spacial score (nSPS) is 29.6. The summed E-state index contributed by atoms with van der Waals surface area (Å²) in [5.41, 5.74) is -0.152. The SMILES string of the molecule is CCN1CCC(N2C[C@@H]3CN(C(=O)NC(C)C)C[C@]3(c3n[nH]c(C)n3)C2)CC1. The third-order valence-corrected chi connectivity index (χ3v) is 6.90. The van der Waals surface area contributed by atoms with Gasteiger partial charge in [0.1, 0.15) is 5.82 Å². The fourth-order valence-corrected chi connectivity index (χ4v) is 5.36. The van der Waals surface area contributed by atoms with Crippen LogP contribution in [0.3, 0.4) is 0 Å². The fraction of sp³-hybridized carbons (Fsp3) is 0.850. The molecule has 8 nitrogen and oxygen atoms in total. The Morgan fingerprint density at radius 1 is 1.29 bits per heavy atom. The van der Waals surface area contributed by atoms with Crippen molar-refractivity contribution in [1.82, 2.24) is 35.2 Å². The van der Waals surface area contributed by atoms with Gasteiger partial charge in [-0.05, 0) is 53.2 Å². The van der Waals surface area contributed by atoms with Crippen molar-refractivity contribution in [2.45, 2.75) is 58.0 Å². The lowest BCUT2D eigenvalue weighted by Gasteiger charge is -2.37. The smallest absolute Gasteiger partial charge is 0.317 e. The number of rotatable bonds is 4. The van der Waals surface area contributed by atoms with E-state index >= 15 is 0 Å². The van der Waals surface area contributed by atoms with E-state index in [1.54, 1.807) is 0 Å². The number of nitrogens with one attached hydrogen (secondary N) is 2. The van der Waals surface area contributed by atoms with Crippen LogP contribution in [0.5, 0.6) is 0 Å². The Bertz CT molecular complexity index is 696. The molecule has 1 aromatic heterocycles. The molecule has 0 unspecified atom stereocenters. The Morgan fingerprint density at radius 3 is 2.64 bits per heavy atom. The third-order valence-electron chi connectivity index (χ3n) is 6.90. The maximum absolute atomic E-state index is 12.7. The lowest BCUT2D eigenvalue weighted by atomic mass is 9.80. The van der Waals surface area contributed by atoms with E-state index in [2.05, 4.69) is 32.2 Å². The zero-order valence-electron chi connectivity index (χ0n) is 17.7. The maximum atomic E-state index is 12.7. The van der Waals surface area contributed by atoms with Crippen LogP contribution in [0.1, 0.15) is 45.3 Å². The Labute approximate surface area is 168 Å². The minimum absolute atomic E-state index is 0.0406. The van der Waals surface area contributed by atoms with Gasteiger partial charge in [0.2, 0.25) is 0 Å². The Hall–Kier alpha value is -1.67. The molecule has 3 aliphatic rings. The molecule has 2 atom stereocenters. The van der Waals surface area contributed by atoms with Gasteiger partial charge >= 0.3 is 6.03 Å². The van der Waals surface area contributed by atoms with Crippen molar-refractivity contribution in [2.24, 2.45) is 5.92 Å². The van der Waals surface area contributed by atoms with Crippen molar-refractivity contribution in [3.8, 4) is 0 Å². The van der Waals surface area contributed by atoms with Gasteiger partial charge in [-0.25, -0.2) is 9.78 Å². The number of hydrogen-bond acceptors (Lipinski definition) is 5. The van der Waals surface area contributed by atoms with Crippen LogP contribution in [-0.4, -0.2) is 93.8 Å². The number of aryl methyl sites for hydroxylation is 1. The van der Waals surface area contributed by atoms with Crippen LogP contribution in [-0.2, 0) is 5.41 Å². The van der Waals surface area contributed by atoms with Crippen molar-refractivity contribution in [3.63, 3.8) is 0 Å². The molecular formula is C20H35N7O. The van der Waals surface area contributed by atoms with Gasteiger partial charge < -0.3 is 15.1 Å². The molecule has 0 aromatic carbocycles. The highest BCUT2D eigenvalue weighted by Gasteiger charge is 2.57. The highest BCUT2D eigenvalue weighted by molar-refractivity contribution is 5.75. The number of carbonyl (C=O) groups excluding carboxylic acids is 1. The predicted octanol–water partition coefficient (Wildman–Crippen LogP) is 1.20. The average molecular weight is 390 g/mol. The van der Waals surface area contributed by atoms with Crippen LogP contribution in [0.25, 0.3) is 0 Å². The first kappa shape index (κ1) is 19.6. The third kappa shape index (κ3) is 3.52. The summed E-state index contributed by atoms with van der Waals surface area (Å²) in [6.07, 6.45) is 2.47. The molecule has 0 radical (unpaired) electrons. The summed E-state index contributed by atoms with van der Waals surface area (Å²) >= 11 is 0. The topological polar surface area (TPSA) is 80.4 Å². The largest absolute Gasteiger partial charge is 0.336 e. The predicted molar refractivity (Wildman–Crippen MR) is 108 cm³/mol. The molecular weight excluding hydrogens is 354 g/mol. The van der Waals surface area contributed by atoms with Gasteiger partial charge in [0.05, 0.1) is 5.41 Å². The number of aromatic nitrogens is 3. The quantitative estimate of drug-likeness (QED) is 0.809. The minimum atomic E-state index is -0.152. The number of amides is 2. The number of piperidine rings is 1. The molecule has 1 aromatic rings. The second-order valence-corrected chi connectivity index (χ2v) is 9.18. The molecule has 0 spiro atoms. The Kier molecular flexibility index (Phi) is 5.35. The molecule has 0 aliphatic carbocycles. The lowest BCUT2D eigenvalue weighted by molar-refractivity contribution is 0.118. The number of carbonyl (C=O) groups is 1. The van der Waals surface area contributed by atoms with E-state index in [0.717, 1.165) is 37.8 Å². The lowest BCUT2D eigenvalue weighted by Crippen LogP contribution is -2.48. The summed E-state index contributed by atoms with van der Waals surface area (Å²) < 4.78 is 0. The first-order valence-corrected chi connectivity index (χ1v) is 10.8. The number of nitrogens with zero attached hydrogens (tertiary/aromatic N) is 5. The highest BCUT2D eigenvalue weighted by atomic mass is 16.2. The van der Waals surface area contributed by atoms with Gasteiger partial charge in [0, 0.05) is 44.2 Å². The molecule has 3 saturated heterocycles. The van der Waals surface area contributed by atoms with E-state index in [9.17, 15) is 4.79 Å². The first-order chi connectivity index (χ1) is 13.4. The molecule has 8 heteroatoms. The summed E-state index contributed by atoms with van der Waals surface area (Å²) in [6.45, 7) is 15.2. The second-order valence-electron chi connectivity index (χ2n) is 9.18. The molecule has 4 heterocycles. The fourth-order valence-electron chi connectivity index (χ4n) is 5.36. The monoisotopic (exact) mass is 389 g/mol. The maximum Gasteiger partial charge on any atom is 0.317 e. The van der Waals surface area contributed by atoms with Gasteiger partial charge in [0.25, 0.3) is 0 Å². The number of likely N-dealkylation sites (tertiary alicyclic amines) is 3. The standard InChI is InChI=1S/C20H35N7O/c1-5-25-8-6-17(7-9-25)26-10-16-11-27(19(28)21-14(2)3)13-20(16,12-26)18-22-15(4)23-24-18/h14,16-17H,5-13H2,1-4H3,(H,21,28)(H,22,23,24)/t16-,20-/m1/s1. The minimum Gasteiger partial charge on any atom is -0.336 e. The van der Waals surface area contributed by atoms with E-state index in [-0.39, 0.29) is 17.5 Å². The summed E-state index contributed by atoms with van der Waals surface area (Å²) in [4.78, 5) is 24.6. The number of aromatic amines is 1. The molecule has 4 rings (SSSR count). The molecule has 156 valence electrons. The van der Waals surface area contributed by atoms with E-state index in [1.165, 1.54) is 25.9 Å². The van der Waals surface area contributed by atoms with Crippen LogP contribution >= 0.6 is 0 Å². The Morgan fingerprint density at radius 2 is 2.04 bits per heavy atom. The van der Waals surface area contributed by atoms with E-state index in [4.69, 9.17) is 4.98 Å². The van der Waals surface area contributed by atoms with Crippen LogP contribution in [0.15, 0.2) is 0 Å². The summed E-state index contributed by atoms with van der Waals surface area (Å²) in [5.74, 6) is 2.14. The van der Waals surface area contributed by atoms with Gasteiger partial charge in [0.15, 0.2) is 5.82 Å². The zero-order chi connectivity index (χ0) is 19.9. The average Bonchev–Trinajstić information content (AvgIpc) is 3.33. The van der Waals surface area contributed by atoms with Crippen molar-refractivity contribution >= 4 is 6.03 Å². The molecule has 0 bridgehead atoms. The molecule has 0 saturated carbocycles. The molecule has 2 N–H and O–H groups in total. The molecule has 28 heavy (non-hydrogen) atoms. The Balaban J connectivity index is 1.52. The summed E-state index contributed by atoms with van der Waals surface area (Å²) in [5, 5.41) is 10.6.